The van der Waals surface area contributed by atoms with E-state index in [2.05, 4.69) is 98.8 Å². The second-order valence-electron chi connectivity index (χ2n) is 6.22. The van der Waals surface area contributed by atoms with Crippen molar-refractivity contribution in [2.45, 2.75) is 39.5 Å². The van der Waals surface area contributed by atoms with Crippen LogP contribution in [-0.2, 0) is 0 Å². The van der Waals surface area contributed by atoms with Crippen LogP contribution in [0.25, 0.3) is 12.2 Å². The standard InChI is InChI=1S/C23H28/c1-3-17-23(18-4-2,19-15-21-11-7-5-8-12-21)20-16-22-13-9-6-10-14-22/h5-16,19-20H,3-4,17-18H2,1-2H3. The highest BCUT2D eigenvalue weighted by atomic mass is 14.3. The molecule has 0 fully saturated rings. The van der Waals surface area contributed by atoms with E-state index in [0.29, 0.717) is 0 Å². The minimum absolute atomic E-state index is 0.148. The summed E-state index contributed by atoms with van der Waals surface area (Å²) in [6.07, 6.45) is 14.1. The van der Waals surface area contributed by atoms with Crippen LogP contribution in [0.4, 0.5) is 0 Å². The summed E-state index contributed by atoms with van der Waals surface area (Å²) in [6.45, 7) is 4.55. The van der Waals surface area contributed by atoms with E-state index in [9.17, 15) is 0 Å². The summed E-state index contributed by atoms with van der Waals surface area (Å²) in [5.74, 6) is 0. The van der Waals surface area contributed by atoms with Gasteiger partial charge in [-0.1, -0.05) is 112 Å². The van der Waals surface area contributed by atoms with Crippen molar-refractivity contribution < 1.29 is 0 Å². The first-order valence-corrected chi connectivity index (χ1v) is 8.76. The van der Waals surface area contributed by atoms with Gasteiger partial charge in [-0.2, -0.15) is 0 Å². The monoisotopic (exact) mass is 304 g/mol. The second kappa shape index (κ2) is 9.15. The third kappa shape index (κ3) is 5.56. The maximum absolute atomic E-state index is 2.41. The van der Waals surface area contributed by atoms with E-state index in [4.69, 9.17) is 0 Å². The lowest BCUT2D eigenvalue weighted by molar-refractivity contribution is 0.408. The summed E-state index contributed by atoms with van der Waals surface area (Å²) in [7, 11) is 0. The molecule has 0 unspecified atom stereocenters. The Morgan fingerprint density at radius 2 is 1.04 bits per heavy atom. The molecule has 0 aliphatic carbocycles. The van der Waals surface area contributed by atoms with Crippen molar-refractivity contribution in [2.24, 2.45) is 5.41 Å². The zero-order valence-electron chi connectivity index (χ0n) is 14.4. The Morgan fingerprint density at radius 1 is 0.652 bits per heavy atom. The van der Waals surface area contributed by atoms with Gasteiger partial charge in [-0.3, -0.25) is 0 Å². The third-order valence-corrected chi connectivity index (χ3v) is 4.25. The van der Waals surface area contributed by atoms with Crippen molar-refractivity contribution in [1.29, 1.82) is 0 Å². The maximum Gasteiger partial charge on any atom is 0.00674 e. The predicted octanol–water partition coefficient (Wildman–Crippen LogP) is 7.00. The number of allylic oxidation sites excluding steroid dienone is 2. The van der Waals surface area contributed by atoms with Crippen molar-refractivity contribution in [3.8, 4) is 0 Å². The van der Waals surface area contributed by atoms with E-state index < -0.39 is 0 Å². The van der Waals surface area contributed by atoms with E-state index in [1.807, 2.05) is 0 Å². The zero-order valence-corrected chi connectivity index (χ0v) is 14.4. The molecule has 0 amide bonds. The predicted molar refractivity (Wildman–Crippen MR) is 103 cm³/mol. The van der Waals surface area contributed by atoms with Crippen molar-refractivity contribution in [3.63, 3.8) is 0 Å². The fourth-order valence-corrected chi connectivity index (χ4v) is 3.10. The van der Waals surface area contributed by atoms with Crippen molar-refractivity contribution in [2.75, 3.05) is 0 Å². The molecule has 0 heterocycles. The maximum atomic E-state index is 2.41. The van der Waals surface area contributed by atoms with Crippen LogP contribution < -0.4 is 0 Å². The SMILES string of the molecule is CCCC(C=Cc1ccccc1)(C=Cc1ccccc1)CCC. The smallest absolute Gasteiger partial charge is 0.00674 e. The topological polar surface area (TPSA) is 0 Å². The molecule has 0 aliphatic heterocycles. The molecule has 0 N–H and O–H groups in total. The highest BCUT2D eigenvalue weighted by Crippen LogP contribution is 2.35. The molecule has 2 rings (SSSR count). The van der Waals surface area contributed by atoms with E-state index >= 15 is 0 Å². The molecule has 0 saturated carbocycles. The van der Waals surface area contributed by atoms with Crippen LogP contribution in [0.15, 0.2) is 72.8 Å². The number of hydrogen-bond donors (Lipinski definition) is 0. The fourth-order valence-electron chi connectivity index (χ4n) is 3.10. The molecule has 23 heavy (non-hydrogen) atoms. The number of hydrogen-bond acceptors (Lipinski definition) is 0. The van der Waals surface area contributed by atoms with Gasteiger partial charge in [0.25, 0.3) is 0 Å². The van der Waals surface area contributed by atoms with Crippen LogP contribution in [0.2, 0.25) is 0 Å². The summed E-state index contributed by atoms with van der Waals surface area (Å²) >= 11 is 0. The average molecular weight is 304 g/mol. The highest BCUT2D eigenvalue weighted by molar-refractivity contribution is 5.54. The minimum Gasteiger partial charge on any atom is -0.0739 e. The van der Waals surface area contributed by atoms with Crippen LogP contribution in [0, 0.1) is 5.41 Å². The second-order valence-corrected chi connectivity index (χ2v) is 6.22. The van der Waals surface area contributed by atoms with Crippen LogP contribution in [-0.4, -0.2) is 0 Å². The zero-order chi connectivity index (χ0) is 16.4. The van der Waals surface area contributed by atoms with E-state index in [0.717, 1.165) is 0 Å². The van der Waals surface area contributed by atoms with Crippen LogP contribution >= 0.6 is 0 Å². The minimum atomic E-state index is 0.148. The van der Waals surface area contributed by atoms with Gasteiger partial charge in [-0.25, -0.2) is 0 Å². The fraction of sp³-hybridized carbons (Fsp3) is 0.304. The summed E-state index contributed by atoms with van der Waals surface area (Å²) in [6, 6.07) is 21.2. The highest BCUT2D eigenvalue weighted by Gasteiger charge is 2.21. The molecule has 0 aromatic heterocycles. The number of rotatable bonds is 8. The Labute approximate surface area is 141 Å². The van der Waals surface area contributed by atoms with Gasteiger partial charge < -0.3 is 0 Å². The Hall–Kier alpha value is -2.08. The van der Waals surface area contributed by atoms with E-state index in [1.165, 1.54) is 36.8 Å². The molecular weight excluding hydrogens is 276 g/mol. The van der Waals surface area contributed by atoms with Gasteiger partial charge in [-0.05, 0) is 24.0 Å². The van der Waals surface area contributed by atoms with Gasteiger partial charge in [-0.15, -0.1) is 0 Å². The summed E-state index contributed by atoms with van der Waals surface area (Å²) in [4.78, 5) is 0. The van der Waals surface area contributed by atoms with Gasteiger partial charge in [0.1, 0.15) is 0 Å². The Balaban J connectivity index is 2.27. The normalized spacial score (nSPS) is 12.3. The lowest BCUT2D eigenvalue weighted by atomic mass is 9.78. The quantitative estimate of drug-likeness (QED) is 0.492. The Bertz CT molecular complexity index is 548. The van der Waals surface area contributed by atoms with Crippen molar-refractivity contribution in [1.82, 2.24) is 0 Å². The van der Waals surface area contributed by atoms with E-state index in [1.54, 1.807) is 0 Å². The van der Waals surface area contributed by atoms with Crippen molar-refractivity contribution in [3.05, 3.63) is 83.9 Å². The van der Waals surface area contributed by atoms with Gasteiger partial charge in [0.15, 0.2) is 0 Å². The largest absolute Gasteiger partial charge is 0.0739 e. The molecule has 0 bridgehead atoms. The first kappa shape index (κ1) is 17.3. The van der Waals surface area contributed by atoms with Crippen LogP contribution in [0.1, 0.15) is 50.7 Å². The van der Waals surface area contributed by atoms with Crippen molar-refractivity contribution >= 4 is 12.2 Å². The first-order chi connectivity index (χ1) is 11.3. The lowest BCUT2D eigenvalue weighted by Crippen LogP contribution is -2.14. The van der Waals surface area contributed by atoms with Crippen LogP contribution in [0.3, 0.4) is 0 Å². The molecule has 0 atom stereocenters. The molecule has 0 aliphatic rings. The molecule has 0 saturated heterocycles. The molecule has 2 aromatic carbocycles. The van der Waals surface area contributed by atoms with E-state index in [-0.39, 0.29) is 5.41 Å². The third-order valence-electron chi connectivity index (χ3n) is 4.25. The first-order valence-electron chi connectivity index (χ1n) is 8.76. The van der Waals surface area contributed by atoms with Gasteiger partial charge in [0.2, 0.25) is 0 Å². The van der Waals surface area contributed by atoms with Crippen LogP contribution in [0.5, 0.6) is 0 Å². The Kier molecular flexibility index (Phi) is 6.87. The number of benzene rings is 2. The molecule has 0 radical (unpaired) electrons. The van der Waals surface area contributed by atoms with Gasteiger partial charge in [0, 0.05) is 5.41 Å². The summed E-state index contributed by atoms with van der Waals surface area (Å²) in [5.41, 5.74) is 2.70. The summed E-state index contributed by atoms with van der Waals surface area (Å²) in [5, 5.41) is 0. The molecule has 2 aromatic rings. The van der Waals surface area contributed by atoms with Gasteiger partial charge in [0.05, 0.1) is 0 Å². The molecule has 0 nitrogen and oxygen atoms in total. The Morgan fingerprint density at radius 3 is 1.39 bits per heavy atom. The lowest BCUT2D eigenvalue weighted by Gasteiger charge is -2.27. The molecule has 120 valence electrons. The average Bonchev–Trinajstić information content (AvgIpc) is 2.60. The molecule has 0 heteroatoms. The van der Waals surface area contributed by atoms with Gasteiger partial charge >= 0.3 is 0 Å². The summed E-state index contributed by atoms with van der Waals surface area (Å²) < 4.78 is 0. The molecular formula is C23H28. The molecule has 0 spiro atoms.